The van der Waals surface area contributed by atoms with Crippen molar-refractivity contribution in [3.8, 4) is 0 Å². The highest BCUT2D eigenvalue weighted by molar-refractivity contribution is 6.42. The summed E-state index contributed by atoms with van der Waals surface area (Å²) in [6, 6.07) is 5.44. The molecule has 0 N–H and O–H groups in total. The summed E-state index contributed by atoms with van der Waals surface area (Å²) in [6.07, 6.45) is 3.78. The molecule has 0 aliphatic carbocycles. The van der Waals surface area contributed by atoms with Crippen molar-refractivity contribution in [1.82, 2.24) is 4.90 Å². The monoisotopic (exact) mass is 315 g/mol. The van der Waals surface area contributed by atoms with Crippen LogP contribution in [0, 0.1) is 0 Å². The van der Waals surface area contributed by atoms with E-state index in [0.717, 1.165) is 31.4 Å². The largest absolute Gasteiger partial charge is 0.378 e. The summed E-state index contributed by atoms with van der Waals surface area (Å²) in [4.78, 5) is 13.8. The lowest BCUT2D eigenvalue weighted by molar-refractivity contribution is -0.131. The molecule has 2 rings (SSSR count). The molecule has 0 aromatic heterocycles. The Kier molecular flexibility index (Phi) is 5.70. The molecule has 1 aromatic rings. The van der Waals surface area contributed by atoms with Crippen molar-refractivity contribution >= 4 is 29.1 Å². The van der Waals surface area contributed by atoms with Gasteiger partial charge in [-0.25, -0.2) is 0 Å². The third-order valence-corrected chi connectivity index (χ3v) is 4.27. The fourth-order valence-corrected chi connectivity index (χ4v) is 2.67. The van der Waals surface area contributed by atoms with Gasteiger partial charge in [-0.05, 0) is 37.0 Å². The maximum Gasteiger partial charge on any atom is 0.222 e. The summed E-state index contributed by atoms with van der Waals surface area (Å²) in [6.45, 7) is 1.37. The summed E-state index contributed by atoms with van der Waals surface area (Å²) >= 11 is 11.8. The van der Waals surface area contributed by atoms with Crippen molar-refractivity contribution in [3.05, 3.63) is 33.8 Å². The Labute approximate surface area is 129 Å². The second-order valence-corrected chi connectivity index (χ2v) is 5.99. The average molecular weight is 316 g/mol. The van der Waals surface area contributed by atoms with E-state index in [4.69, 9.17) is 27.9 Å². The molecule has 20 heavy (non-hydrogen) atoms. The molecule has 1 fully saturated rings. The zero-order valence-electron chi connectivity index (χ0n) is 11.6. The Balaban J connectivity index is 1.81. The van der Waals surface area contributed by atoms with Gasteiger partial charge < -0.3 is 9.64 Å². The minimum Gasteiger partial charge on any atom is -0.378 e. The number of benzene rings is 1. The number of nitrogens with zero attached hydrogens (tertiary/aromatic N) is 1. The number of halogens is 2. The van der Waals surface area contributed by atoms with Gasteiger partial charge in [0.15, 0.2) is 0 Å². The van der Waals surface area contributed by atoms with E-state index in [9.17, 15) is 4.79 Å². The maximum atomic E-state index is 12.1. The lowest BCUT2D eigenvalue weighted by Crippen LogP contribution is -2.27. The fourth-order valence-electron chi connectivity index (χ4n) is 2.35. The van der Waals surface area contributed by atoms with Gasteiger partial charge in [0.05, 0.1) is 16.1 Å². The first-order valence-electron chi connectivity index (χ1n) is 6.86. The Bertz CT molecular complexity index is 473. The lowest BCUT2D eigenvalue weighted by Gasteiger charge is -2.18. The normalized spacial score (nSPS) is 18.2. The minimum atomic E-state index is 0.131. The molecule has 1 unspecified atom stereocenters. The molecule has 1 saturated heterocycles. The molecule has 0 bridgehead atoms. The van der Waals surface area contributed by atoms with Crippen LogP contribution in [0.15, 0.2) is 18.2 Å². The summed E-state index contributed by atoms with van der Waals surface area (Å²) in [5.74, 6) is 0.131. The summed E-state index contributed by atoms with van der Waals surface area (Å²) in [5.41, 5.74) is 0.979. The van der Waals surface area contributed by atoms with Crippen LogP contribution in [0.1, 0.15) is 31.2 Å². The Morgan fingerprint density at radius 1 is 1.40 bits per heavy atom. The molecule has 0 radical (unpaired) electrons. The molecule has 1 atom stereocenters. The van der Waals surface area contributed by atoms with Crippen molar-refractivity contribution in [2.45, 2.75) is 38.3 Å². The molecule has 1 heterocycles. The van der Waals surface area contributed by atoms with Crippen LogP contribution in [0.4, 0.5) is 0 Å². The predicted molar refractivity (Wildman–Crippen MR) is 81.1 cm³/mol. The Morgan fingerprint density at radius 3 is 2.85 bits per heavy atom. The summed E-state index contributed by atoms with van der Waals surface area (Å²) in [7, 11) is 1.81. The van der Waals surface area contributed by atoms with E-state index in [1.807, 2.05) is 6.07 Å². The van der Waals surface area contributed by atoms with Crippen molar-refractivity contribution in [3.63, 3.8) is 0 Å². The van der Waals surface area contributed by atoms with Gasteiger partial charge in [0.1, 0.15) is 0 Å². The molecular weight excluding hydrogens is 297 g/mol. The second-order valence-electron chi connectivity index (χ2n) is 5.17. The van der Waals surface area contributed by atoms with Gasteiger partial charge in [-0.1, -0.05) is 29.3 Å². The first kappa shape index (κ1) is 15.6. The molecule has 1 aliphatic rings. The Morgan fingerprint density at radius 2 is 2.20 bits per heavy atom. The van der Waals surface area contributed by atoms with E-state index in [0.29, 0.717) is 23.0 Å². The topological polar surface area (TPSA) is 29.5 Å². The SMILES string of the molecule is CN(Cc1ccc(Cl)c(Cl)c1)C(=O)CCC1CCCO1. The van der Waals surface area contributed by atoms with Gasteiger partial charge >= 0.3 is 0 Å². The molecule has 1 amide bonds. The van der Waals surface area contributed by atoms with E-state index < -0.39 is 0 Å². The number of ether oxygens (including phenoxy) is 1. The molecule has 0 saturated carbocycles. The van der Waals surface area contributed by atoms with Crippen LogP contribution in [-0.4, -0.2) is 30.6 Å². The van der Waals surface area contributed by atoms with E-state index in [1.54, 1.807) is 24.1 Å². The highest BCUT2D eigenvalue weighted by atomic mass is 35.5. The van der Waals surface area contributed by atoms with E-state index in [1.165, 1.54) is 0 Å². The molecule has 1 aromatic carbocycles. The molecule has 1 aliphatic heterocycles. The minimum absolute atomic E-state index is 0.131. The standard InChI is InChI=1S/C15H19Cl2NO2/c1-18(10-11-4-6-13(16)14(17)9-11)15(19)7-5-12-3-2-8-20-12/h4,6,9,12H,2-3,5,7-8,10H2,1H3. The predicted octanol–water partition coefficient (Wildman–Crippen LogP) is 3.91. The van der Waals surface area contributed by atoms with Gasteiger partial charge in [0.2, 0.25) is 5.91 Å². The smallest absolute Gasteiger partial charge is 0.222 e. The van der Waals surface area contributed by atoms with Crippen LogP contribution in [-0.2, 0) is 16.1 Å². The summed E-state index contributed by atoms with van der Waals surface area (Å²) in [5, 5.41) is 1.05. The zero-order chi connectivity index (χ0) is 14.5. The van der Waals surface area contributed by atoms with Gasteiger partial charge in [-0.2, -0.15) is 0 Å². The van der Waals surface area contributed by atoms with Crippen LogP contribution in [0.25, 0.3) is 0 Å². The van der Waals surface area contributed by atoms with Gasteiger partial charge in [0, 0.05) is 26.6 Å². The van der Waals surface area contributed by atoms with E-state index in [-0.39, 0.29) is 12.0 Å². The lowest BCUT2D eigenvalue weighted by atomic mass is 10.1. The quantitative estimate of drug-likeness (QED) is 0.824. The van der Waals surface area contributed by atoms with Crippen molar-refractivity contribution in [1.29, 1.82) is 0 Å². The van der Waals surface area contributed by atoms with Gasteiger partial charge in [-0.15, -0.1) is 0 Å². The number of amides is 1. The van der Waals surface area contributed by atoms with E-state index in [2.05, 4.69) is 0 Å². The van der Waals surface area contributed by atoms with Crippen molar-refractivity contribution < 1.29 is 9.53 Å². The Hall–Kier alpha value is -0.770. The molecule has 110 valence electrons. The number of carbonyl (C=O) groups excluding carboxylic acids is 1. The zero-order valence-corrected chi connectivity index (χ0v) is 13.1. The first-order chi connectivity index (χ1) is 9.56. The van der Waals surface area contributed by atoms with Crippen LogP contribution in [0.5, 0.6) is 0 Å². The van der Waals surface area contributed by atoms with E-state index >= 15 is 0 Å². The van der Waals surface area contributed by atoms with Crippen LogP contribution < -0.4 is 0 Å². The van der Waals surface area contributed by atoms with Crippen molar-refractivity contribution in [2.75, 3.05) is 13.7 Å². The first-order valence-corrected chi connectivity index (χ1v) is 7.61. The third-order valence-electron chi connectivity index (χ3n) is 3.53. The number of carbonyl (C=O) groups is 1. The molecular formula is C15H19Cl2NO2. The maximum absolute atomic E-state index is 12.1. The molecule has 5 heteroatoms. The van der Waals surface area contributed by atoms with Gasteiger partial charge in [-0.3, -0.25) is 4.79 Å². The highest BCUT2D eigenvalue weighted by Crippen LogP contribution is 2.23. The van der Waals surface area contributed by atoms with Crippen LogP contribution in [0.2, 0.25) is 10.0 Å². The average Bonchev–Trinajstić information content (AvgIpc) is 2.93. The fraction of sp³-hybridized carbons (Fsp3) is 0.533. The molecule has 3 nitrogen and oxygen atoms in total. The van der Waals surface area contributed by atoms with Crippen LogP contribution in [0.3, 0.4) is 0 Å². The number of hydrogen-bond acceptors (Lipinski definition) is 2. The third kappa shape index (κ3) is 4.37. The second kappa shape index (κ2) is 7.30. The summed E-state index contributed by atoms with van der Waals surface area (Å²) < 4.78 is 5.53. The van der Waals surface area contributed by atoms with Crippen LogP contribution >= 0.6 is 23.2 Å². The van der Waals surface area contributed by atoms with Gasteiger partial charge in [0.25, 0.3) is 0 Å². The van der Waals surface area contributed by atoms with Crippen molar-refractivity contribution in [2.24, 2.45) is 0 Å². The molecule has 0 spiro atoms. The highest BCUT2D eigenvalue weighted by Gasteiger charge is 2.18. The number of hydrogen-bond donors (Lipinski definition) is 0. The number of rotatable bonds is 5.